The van der Waals surface area contributed by atoms with E-state index < -0.39 is 0 Å². The lowest BCUT2D eigenvalue weighted by molar-refractivity contribution is -0.119. The van der Waals surface area contributed by atoms with Gasteiger partial charge >= 0.3 is 0 Å². The van der Waals surface area contributed by atoms with Gasteiger partial charge in [-0.15, -0.1) is 10.2 Å². The largest absolute Gasteiger partial charge is 0.356 e. The van der Waals surface area contributed by atoms with Crippen LogP contribution >= 0.6 is 23.2 Å². The van der Waals surface area contributed by atoms with E-state index in [4.69, 9.17) is 23.2 Å². The van der Waals surface area contributed by atoms with Crippen molar-refractivity contribution in [2.45, 2.75) is 19.8 Å². The number of carbonyl (C=O) groups excluding carboxylic acids is 1. The molecule has 1 aliphatic heterocycles. The average Bonchev–Trinajstić information content (AvgIpc) is 2.40. The molecular weight excluding hydrogens is 289 g/mol. The van der Waals surface area contributed by atoms with Gasteiger partial charge in [0.15, 0.2) is 11.0 Å². The number of rotatable bonds is 3. The molecule has 0 aliphatic carbocycles. The molecule has 2 rings (SSSR count). The van der Waals surface area contributed by atoms with Gasteiger partial charge in [0.05, 0.1) is 0 Å². The van der Waals surface area contributed by atoms with Gasteiger partial charge in [0.1, 0.15) is 0 Å². The van der Waals surface area contributed by atoms with Crippen LogP contribution in [0.1, 0.15) is 19.8 Å². The lowest BCUT2D eigenvalue weighted by Crippen LogP contribution is -2.38. The van der Waals surface area contributed by atoms with Crippen molar-refractivity contribution < 1.29 is 4.79 Å². The number of aromatic nitrogens is 3. The van der Waals surface area contributed by atoms with Crippen LogP contribution in [0.4, 0.5) is 5.82 Å². The Morgan fingerprint density at radius 2 is 2.05 bits per heavy atom. The number of piperidine rings is 1. The molecule has 1 N–H and O–H groups in total. The summed E-state index contributed by atoms with van der Waals surface area (Å²) in [6, 6.07) is 0. The van der Waals surface area contributed by atoms with Gasteiger partial charge in [-0.25, -0.2) is 0 Å². The Bertz CT molecular complexity index is 462. The highest BCUT2D eigenvalue weighted by Gasteiger charge is 2.22. The highest BCUT2D eigenvalue weighted by molar-refractivity contribution is 6.32. The first kappa shape index (κ1) is 14.3. The summed E-state index contributed by atoms with van der Waals surface area (Å²) in [4.78, 5) is 17.0. The Morgan fingerprint density at radius 3 is 2.68 bits per heavy atom. The third-order valence-electron chi connectivity index (χ3n) is 3.16. The summed E-state index contributed by atoms with van der Waals surface area (Å²) in [5, 5.41) is 10.6. The number of amides is 1. The van der Waals surface area contributed by atoms with Gasteiger partial charge < -0.3 is 10.2 Å². The minimum atomic E-state index is 0.0113. The molecule has 0 atom stereocenters. The van der Waals surface area contributed by atoms with Crippen molar-refractivity contribution in [2.24, 2.45) is 5.92 Å². The smallest absolute Gasteiger partial charge is 0.245 e. The van der Waals surface area contributed by atoms with Crippen molar-refractivity contribution in [1.29, 1.82) is 0 Å². The first-order valence-electron chi connectivity index (χ1n) is 6.11. The molecule has 1 aromatic rings. The van der Waals surface area contributed by atoms with Gasteiger partial charge in [-0.05, 0) is 30.4 Å². The molecular formula is C11H15Cl2N5O. The van der Waals surface area contributed by atoms with E-state index in [9.17, 15) is 4.79 Å². The normalized spacial score (nSPS) is 16.5. The molecule has 0 aromatic carbocycles. The molecule has 2 heterocycles. The summed E-state index contributed by atoms with van der Waals surface area (Å²) >= 11 is 11.7. The van der Waals surface area contributed by atoms with Crippen LogP contribution in [0.25, 0.3) is 0 Å². The minimum absolute atomic E-state index is 0.0113. The van der Waals surface area contributed by atoms with E-state index in [1.807, 2.05) is 4.90 Å². The van der Waals surface area contributed by atoms with Crippen LogP contribution in [-0.2, 0) is 4.79 Å². The minimum Gasteiger partial charge on any atom is -0.356 e. The van der Waals surface area contributed by atoms with Gasteiger partial charge in [-0.3, -0.25) is 4.79 Å². The van der Waals surface area contributed by atoms with Crippen molar-refractivity contribution in [3.8, 4) is 0 Å². The van der Waals surface area contributed by atoms with E-state index in [0.29, 0.717) is 11.7 Å². The second-order valence-corrected chi connectivity index (χ2v) is 5.26. The first-order valence-corrected chi connectivity index (χ1v) is 6.87. The monoisotopic (exact) mass is 303 g/mol. The van der Waals surface area contributed by atoms with E-state index in [1.54, 1.807) is 0 Å². The van der Waals surface area contributed by atoms with Gasteiger partial charge in [0.25, 0.3) is 0 Å². The van der Waals surface area contributed by atoms with Crippen LogP contribution in [0, 0.1) is 5.92 Å². The Labute approximate surface area is 121 Å². The van der Waals surface area contributed by atoms with Crippen LogP contribution in [0.3, 0.4) is 0 Å². The Balaban J connectivity index is 1.92. The summed E-state index contributed by atoms with van der Waals surface area (Å²) < 4.78 is 0. The third-order valence-corrected chi connectivity index (χ3v) is 3.56. The Kier molecular flexibility index (Phi) is 4.76. The van der Waals surface area contributed by atoms with Crippen LogP contribution in [0.2, 0.25) is 10.4 Å². The van der Waals surface area contributed by atoms with Gasteiger partial charge in [0, 0.05) is 26.6 Å². The number of hydrogen-bond donors (Lipinski definition) is 1. The summed E-state index contributed by atoms with van der Waals surface area (Å²) in [6.07, 6.45) is 1.94. The zero-order chi connectivity index (χ0) is 13.8. The molecule has 0 radical (unpaired) electrons. The number of anilines is 1. The molecule has 0 unspecified atom stereocenters. The van der Waals surface area contributed by atoms with Crippen LogP contribution in [-0.4, -0.2) is 40.7 Å². The summed E-state index contributed by atoms with van der Waals surface area (Å²) in [7, 11) is 0. The van der Waals surface area contributed by atoms with Crippen LogP contribution in [0.15, 0.2) is 0 Å². The predicted molar refractivity (Wildman–Crippen MR) is 73.5 cm³/mol. The maximum atomic E-state index is 10.9. The molecule has 1 aromatic heterocycles. The van der Waals surface area contributed by atoms with E-state index in [0.717, 1.165) is 32.5 Å². The summed E-state index contributed by atoms with van der Waals surface area (Å²) in [6.45, 7) is 3.89. The molecule has 0 bridgehead atoms. The molecule has 104 valence electrons. The molecule has 1 saturated heterocycles. The Morgan fingerprint density at radius 1 is 1.37 bits per heavy atom. The lowest BCUT2D eigenvalue weighted by Gasteiger charge is -2.32. The molecule has 0 spiro atoms. The SMILES string of the molecule is CC(=O)NCC1CCN(c2nc(Cl)nnc2Cl)CC1. The molecule has 8 heteroatoms. The van der Waals surface area contributed by atoms with E-state index in [2.05, 4.69) is 20.5 Å². The maximum absolute atomic E-state index is 10.9. The second kappa shape index (κ2) is 6.34. The molecule has 19 heavy (non-hydrogen) atoms. The number of carbonyl (C=O) groups is 1. The zero-order valence-electron chi connectivity index (χ0n) is 10.6. The zero-order valence-corrected chi connectivity index (χ0v) is 12.1. The quantitative estimate of drug-likeness (QED) is 0.917. The number of nitrogens with one attached hydrogen (secondary N) is 1. The molecule has 6 nitrogen and oxygen atoms in total. The first-order chi connectivity index (χ1) is 9.06. The second-order valence-electron chi connectivity index (χ2n) is 4.56. The van der Waals surface area contributed by atoms with Gasteiger partial charge in [-0.1, -0.05) is 11.6 Å². The number of nitrogens with zero attached hydrogens (tertiary/aromatic N) is 4. The van der Waals surface area contributed by atoms with E-state index in [-0.39, 0.29) is 16.3 Å². The van der Waals surface area contributed by atoms with Crippen molar-refractivity contribution >= 4 is 34.9 Å². The van der Waals surface area contributed by atoms with Crippen molar-refractivity contribution in [3.63, 3.8) is 0 Å². The van der Waals surface area contributed by atoms with Crippen molar-refractivity contribution in [3.05, 3.63) is 10.4 Å². The highest BCUT2D eigenvalue weighted by Crippen LogP contribution is 2.26. The summed E-state index contributed by atoms with van der Waals surface area (Å²) in [5.74, 6) is 1.08. The number of hydrogen-bond acceptors (Lipinski definition) is 5. The van der Waals surface area contributed by atoms with Gasteiger partial charge in [0.2, 0.25) is 11.2 Å². The standard InChI is InChI=1S/C11H15Cl2N5O/c1-7(19)14-6-8-2-4-18(5-3-8)10-9(12)16-17-11(13)15-10/h8H,2-6H2,1H3,(H,14,19). The maximum Gasteiger partial charge on any atom is 0.245 e. The molecule has 0 saturated carbocycles. The fraction of sp³-hybridized carbons (Fsp3) is 0.636. The van der Waals surface area contributed by atoms with Crippen molar-refractivity contribution in [1.82, 2.24) is 20.5 Å². The van der Waals surface area contributed by atoms with Crippen LogP contribution < -0.4 is 10.2 Å². The lowest BCUT2D eigenvalue weighted by atomic mass is 9.97. The number of halogens is 2. The van der Waals surface area contributed by atoms with E-state index in [1.165, 1.54) is 6.92 Å². The molecule has 1 amide bonds. The predicted octanol–water partition coefficient (Wildman–Crippen LogP) is 1.53. The summed E-state index contributed by atoms with van der Waals surface area (Å²) in [5.41, 5.74) is 0. The third kappa shape index (κ3) is 3.91. The molecule has 1 aliphatic rings. The highest BCUT2D eigenvalue weighted by atomic mass is 35.5. The fourth-order valence-corrected chi connectivity index (χ4v) is 2.44. The van der Waals surface area contributed by atoms with Crippen LogP contribution in [0.5, 0.6) is 0 Å². The van der Waals surface area contributed by atoms with E-state index >= 15 is 0 Å². The fourth-order valence-electron chi connectivity index (χ4n) is 2.12. The average molecular weight is 304 g/mol. The van der Waals surface area contributed by atoms with Gasteiger partial charge in [-0.2, -0.15) is 4.98 Å². The van der Waals surface area contributed by atoms with Crippen molar-refractivity contribution in [2.75, 3.05) is 24.5 Å². The topological polar surface area (TPSA) is 71.0 Å². The Hall–Kier alpha value is -1.14. The molecule has 1 fully saturated rings.